The van der Waals surface area contributed by atoms with Gasteiger partial charge in [0.2, 0.25) is 0 Å². The third kappa shape index (κ3) is 3.85. The lowest BCUT2D eigenvalue weighted by atomic mass is 10.5. The molecule has 10 heavy (non-hydrogen) atoms. The molecule has 0 atom stereocenters. The molecule has 3 heteroatoms. The number of hydrogen-bond acceptors (Lipinski definition) is 1. The third-order valence-corrected chi connectivity index (χ3v) is 3.17. The average molecular weight is 177 g/mol. The van der Waals surface area contributed by atoms with E-state index in [1.54, 1.807) is 0 Å². The van der Waals surface area contributed by atoms with E-state index in [1.807, 2.05) is 19.6 Å². The first-order valence-electron chi connectivity index (χ1n) is 3.20. The van der Waals surface area contributed by atoms with Crippen LogP contribution in [0.4, 0.5) is 0 Å². The van der Waals surface area contributed by atoms with Gasteiger partial charge in [-0.1, -0.05) is 37.8 Å². The van der Waals surface area contributed by atoms with Crippen molar-refractivity contribution in [1.82, 2.24) is 0 Å². The Morgan fingerprint density at radius 2 is 1.90 bits per heavy atom. The third-order valence-electron chi connectivity index (χ3n) is 1.19. The average Bonchev–Trinajstić information content (AvgIpc) is 1.60. The molecule has 0 aliphatic rings. The molecule has 0 aliphatic carbocycles. The maximum atomic E-state index is 11.2. The van der Waals surface area contributed by atoms with Gasteiger partial charge >= 0.3 is 0 Å². The highest BCUT2D eigenvalue weighted by Crippen LogP contribution is 2.11. The van der Waals surface area contributed by atoms with E-state index >= 15 is 0 Å². The minimum absolute atomic E-state index is 0.271. The highest BCUT2D eigenvalue weighted by atomic mass is 35.5. The molecule has 0 rings (SSSR count). The van der Waals surface area contributed by atoms with Crippen molar-refractivity contribution in [1.29, 1.82) is 0 Å². The lowest BCUT2D eigenvalue weighted by Crippen LogP contribution is -2.33. The Bertz CT molecular complexity index is 157. The molecule has 1 nitrogen and oxygen atoms in total. The highest BCUT2D eigenvalue weighted by Gasteiger charge is 2.23. The summed E-state index contributed by atoms with van der Waals surface area (Å²) in [6, 6.07) is 0. The van der Waals surface area contributed by atoms with E-state index in [4.69, 9.17) is 11.6 Å². The van der Waals surface area contributed by atoms with E-state index in [2.05, 4.69) is 6.58 Å². The summed E-state index contributed by atoms with van der Waals surface area (Å²) in [4.78, 5) is 11.2. The predicted octanol–water partition coefficient (Wildman–Crippen LogP) is 2.58. The fraction of sp³-hybridized carbons (Fsp3) is 0.571. The minimum Gasteiger partial charge on any atom is -0.305 e. The van der Waals surface area contributed by atoms with Crippen molar-refractivity contribution in [2.24, 2.45) is 0 Å². The molecule has 0 aromatic carbocycles. The summed E-state index contributed by atoms with van der Waals surface area (Å²) in [6.07, 6.45) is 0.345. The van der Waals surface area contributed by atoms with Gasteiger partial charge in [-0.3, -0.25) is 0 Å². The number of rotatable bonds is 3. The Morgan fingerprint density at radius 3 is 2.00 bits per heavy atom. The van der Waals surface area contributed by atoms with Crippen molar-refractivity contribution in [3.05, 3.63) is 11.6 Å². The van der Waals surface area contributed by atoms with Crippen molar-refractivity contribution in [3.63, 3.8) is 0 Å². The lowest BCUT2D eigenvalue weighted by molar-refractivity contribution is -0.112. The zero-order chi connectivity index (χ0) is 8.36. The topological polar surface area (TPSA) is 17.1 Å². The Morgan fingerprint density at radius 1 is 1.50 bits per heavy atom. The number of allylic oxidation sites excluding steroid dienone is 1. The molecule has 0 N–H and O–H groups in total. The van der Waals surface area contributed by atoms with E-state index in [9.17, 15) is 4.79 Å². The maximum Gasteiger partial charge on any atom is 0.124 e. The van der Waals surface area contributed by atoms with Gasteiger partial charge in [0.15, 0.2) is 0 Å². The zero-order valence-corrected chi connectivity index (χ0v) is 8.46. The molecule has 0 bridgehead atoms. The smallest absolute Gasteiger partial charge is 0.124 e. The summed E-state index contributed by atoms with van der Waals surface area (Å²) < 4.78 is 0. The lowest BCUT2D eigenvalue weighted by Gasteiger charge is -2.12. The second-order valence-corrected chi connectivity index (χ2v) is 8.96. The van der Waals surface area contributed by atoms with Crippen LogP contribution in [0.5, 0.6) is 0 Å². The summed E-state index contributed by atoms with van der Waals surface area (Å²) in [5, 5.41) is 0.722. The van der Waals surface area contributed by atoms with Crippen LogP contribution < -0.4 is 0 Å². The molecule has 0 unspecified atom stereocenters. The van der Waals surface area contributed by atoms with Gasteiger partial charge in [0.25, 0.3) is 0 Å². The Labute approximate surface area is 68.1 Å². The van der Waals surface area contributed by atoms with Gasteiger partial charge in [-0.05, 0) is 0 Å². The molecule has 58 valence electrons. The van der Waals surface area contributed by atoms with E-state index in [1.165, 1.54) is 0 Å². The zero-order valence-electron chi connectivity index (χ0n) is 6.70. The number of carbonyl (C=O) groups is 1. The molecule has 0 fully saturated rings. The number of hydrogen-bond donors (Lipinski definition) is 0. The van der Waals surface area contributed by atoms with Crippen LogP contribution in [0.3, 0.4) is 0 Å². The van der Waals surface area contributed by atoms with Gasteiger partial charge in [-0.15, -0.1) is 0 Å². The van der Waals surface area contributed by atoms with Crippen LogP contribution >= 0.6 is 11.6 Å². The Hall–Kier alpha value is -0.0831. The molecule has 0 saturated carbocycles. The van der Waals surface area contributed by atoms with Crippen LogP contribution in [-0.4, -0.2) is 13.5 Å². The van der Waals surface area contributed by atoms with Crippen LogP contribution in [0.2, 0.25) is 19.6 Å². The molecule has 0 aromatic rings. The van der Waals surface area contributed by atoms with Crippen molar-refractivity contribution >= 4 is 25.1 Å². The van der Waals surface area contributed by atoms with E-state index < -0.39 is 8.07 Å². The van der Waals surface area contributed by atoms with E-state index in [0.29, 0.717) is 11.5 Å². The molecule has 0 heterocycles. The Balaban J connectivity index is 3.99. The molecule has 0 amide bonds. The standard InChI is InChI=1S/C7H13ClOSi/c1-6(8)5-7(9)10(2,3)4/h1,5H2,2-4H3. The number of halogens is 1. The maximum absolute atomic E-state index is 11.2. The van der Waals surface area contributed by atoms with Crippen LogP contribution in [0, 0.1) is 0 Å². The molecule has 0 radical (unpaired) electrons. The van der Waals surface area contributed by atoms with Gasteiger partial charge < -0.3 is 4.79 Å². The largest absolute Gasteiger partial charge is 0.305 e. The summed E-state index contributed by atoms with van der Waals surface area (Å²) in [6.45, 7) is 9.50. The number of carbonyl (C=O) groups excluding carboxylic acids is 1. The fourth-order valence-electron chi connectivity index (χ4n) is 0.439. The normalized spacial score (nSPS) is 11.2. The highest BCUT2D eigenvalue weighted by molar-refractivity contribution is 7.03. The minimum atomic E-state index is -1.61. The molecule has 0 aromatic heterocycles. The molecule has 0 saturated heterocycles. The van der Waals surface area contributed by atoms with Gasteiger partial charge in [-0.2, -0.15) is 0 Å². The predicted molar refractivity (Wildman–Crippen MR) is 48.0 cm³/mol. The monoisotopic (exact) mass is 176 g/mol. The van der Waals surface area contributed by atoms with Crippen molar-refractivity contribution in [3.8, 4) is 0 Å². The van der Waals surface area contributed by atoms with Crippen molar-refractivity contribution < 1.29 is 4.79 Å². The van der Waals surface area contributed by atoms with Gasteiger partial charge in [0.05, 0.1) is 0 Å². The summed E-state index contributed by atoms with van der Waals surface area (Å²) >= 11 is 5.49. The molecule has 0 spiro atoms. The summed E-state index contributed by atoms with van der Waals surface area (Å²) in [7, 11) is -1.61. The van der Waals surface area contributed by atoms with E-state index in [0.717, 1.165) is 0 Å². The molecule has 0 aliphatic heterocycles. The van der Waals surface area contributed by atoms with Crippen LogP contribution in [0.15, 0.2) is 11.6 Å². The Kier molecular flexibility index (Phi) is 3.32. The quantitative estimate of drug-likeness (QED) is 0.605. The fourth-order valence-corrected chi connectivity index (χ4v) is 1.42. The second-order valence-electron chi connectivity index (χ2n) is 3.37. The molecular formula is C7H13ClOSi. The summed E-state index contributed by atoms with van der Waals surface area (Å²) in [5.41, 5.74) is 0. The van der Waals surface area contributed by atoms with Gasteiger partial charge in [0, 0.05) is 11.5 Å². The van der Waals surface area contributed by atoms with Crippen LogP contribution in [0.1, 0.15) is 6.42 Å². The first-order chi connectivity index (χ1) is 4.34. The van der Waals surface area contributed by atoms with Gasteiger partial charge in [0.1, 0.15) is 13.5 Å². The molecular weight excluding hydrogens is 164 g/mol. The first kappa shape index (κ1) is 9.92. The van der Waals surface area contributed by atoms with Crippen LogP contribution in [0.25, 0.3) is 0 Å². The van der Waals surface area contributed by atoms with Crippen LogP contribution in [-0.2, 0) is 4.79 Å². The van der Waals surface area contributed by atoms with Crippen molar-refractivity contribution in [2.45, 2.75) is 26.1 Å². The van der Waals surface area contributed by atoms with Gasteiger partial charge in [-0.25, -0.2) is 0 Å². The van der Waals surface area contributed by atoms with E-state index in [-0.39, 0.29) is 5.41 Å². The second kappa shape index (κ2) is 3.35. The van der Waals surface area contributed by atoms with Crippen molar-refractivity contribution in [2.75, 3.05) is 0 Å². The SMILES string of the molecule is C=C(Cl)CC(=O)[Si](C)(C)C. The first-order valence-corrected chi connectivity index (χ1v) is 7.08. The summed E-state index contributed by atoms with van der Waals surface area (Å²) in [5.74, 6) is 0.